The molecule has 2 atom stereocenters. The fourth-order valence-electron chi connectivity index (χ4n) is 1.81. The summed E-state index contributed by atoms with van der Waals surface area (Å²) < 4.78 is 5.21. The van der Waals surface area contributed by atoms with Crippen molar-refractivity contribution in [2.75, 3.05) is 7.11 Å². The van der Waals surface area contributed by atoms with E-state index in [-0.39, 0.29) is 0 Å². The number of carboxylic acid groups (broad SMARTS) is 1. The number of hydrogen-bond donors (Lipinski definition) is 2. The molecule has 3 N–H and O–H groups in total. The van der Waals surface area contributed by atoms with Gasteiger partial charge in [0.05, 0.1) is 13.0 Å². The monoisotopic (exact) mass is 237 g/mol. The van der Waals surface area contributed by atoms with Gasteiger partial charge in [-0.25, -0.2) is 0 Å². The van der Waals surface area contributed by atoms with Gasteiger partial charge in [-0.1, -0.05) is 13.0 Å². The van der Waals surface area contributed by atoms with Crippen molar-refractivity contribution < 1.29 is 14.6 Å². The summed E-state index contributed by atoms with van der Waals surface area (Å²) in [5.74, 6) is -0.701. The predicted octanol–water partition coefficient (Wildman–Crippen LogP) is 2.03. The summed E-state index contributed by atoms with van der Waals surface area (Å²) in [4.78, 5) is 10.9. The van der Waals surface area contributed by atoms with E-state index in [9.17, 15) is 4.79 Å². The molecule has 2 unspecified atom stereocenters. The number of benzene rings is 1. The smallest absolute Gasteiger partial charge is 0.308 e. The molecule has 94 valence electrons. The zero-order valence-electron chi connectivity index (χ0n) is 10.7. The van der Waals surface area contributed by atoms with Gasteiger partial charge >= 0.3 is 5.97 Å². The molecule has 4 heteroatoms. The second-order valence-corrected chi connectivity index (χ2v) is 4.33. The number of aliphatic carboxylic acids is 1. The largest absolute Gasteiger partial charge is 0.496 e. The van der Waals surface area contributed by atoms with E-state index in [1.807, 2.05) is 26.0 Å². The molecular formula is C13H19NO3. The summed E-state index contributed by atoms with van der Waals surface area (Å²) in [5.41, 5.74) is 8.75. The highest BCUT2D eigenvalue weighted by atomic mass is 16.5. The third kappa shape index (κ3) is 2.77. The molecule has 0 amide bonds. The van der Waals surface area contributed by atoms with Crippen molar-refractivity contribution >= 4 is 5.97 Å². The van der Waals surface area contributed by atoms with Crippen LogP contribution in [0, 0.1) is 19.8 Å². The van der Waals surface area contributed by atoms with Crippen LogP contribution in [0.25, 0.3) is 0 Å². The minimum atomic E-state index is -0.884. The van der Waals surface area contributed by atoms with Gasteiger partial charge in [0.25, 0.3) is 0 Å². The molecule has 17 heavy (non-hydrogen) atoms. The Labute approximate surface area is 101 Å². The number of hydrogen-bond acceptors (Lipinski definition) is 3. The summed E-state index contributed by atoms with van der Waals surface area (Å²) in [6.45, 7) is 5.44. The van der Waals surface area contributed by atoms with Gasteiger partial charge in [0.1, 0.15) is 5.75 Å². The summed E-state index contributed by atoms with van der Waals surface area (Å²) in [5, 5.41) is 8.97. The topological polar surface area (TPSA) is 72.5 Å². The van der Waals surface area contributed by atoms with Crippen LogP contribution in [0.3, 0.4) is 0 Å². The Kier molecular flexibility index (Phi) is 4.12. The van der Waals surface area contributed by atoms with E-state index in [1.54, 1.807) is 14.0 Å². The first-order chi connectivity index (χ1) is 7.88. The molecule has 0 heterocycles. The number of carboxylic acids is 1. The highest BCUT2D eigenvalue weighted by molar-refractivity contribution is 5.71. The van der Waals surface area contributed by atoms with Crippen LogP contribution in [-0.4, -0.2) is 18.2 Å². The van der Waals surface area contributed by atoms with Crippen molar-refractivity contribution in [1.29, 1.82) is 0 Å². The van der Waals surface area contributed by atoms with Gasteiger partial charge in [0.15, 0.2) is 0 Å². The lowest BCUT2D eigenvalue weighted by molar-refractivity contribution is -0.141. The van der Waals surface area contributed by atoms with Gasteiger partial charge in [-0.3, -0.25) is 4.79 Å². The molecule has 0 fully saturated rings. The molecule has 0 aliphatic carbocycles. The van der Waals surface area contributed by atoms with E-state index in [1.165, 1.54) is 0 Å². The summed E-state index contributed by atoms with van der Waals surface area (Å²) in [7, 11) is 1.61. The van der Waals surface area contributed by atoms with Crippen molar-refractivity contribution in [3.05, 3.63) is 28.8 Å². The Balaban J connectivity index is 3.14. The maximum absolute atomic E-state index is 10.9. The molecule has 0 aliphatic rings. The minimum Gasteiger partial charge on any atom is -0.496 e. The number of carbonyl (C=O) groups is 1. The van der Waals surface area contributed by atoms with Crippen LogP contribution in [0.5, 0.6) is 5.75 Å². The third-order valence-electron chi connectivity index (χ3n) is 3.07. The average Bonchev–Trinajstić information content (AvgIpc) is 2.29. The Hall–Kier alpha value is -1.55. The lowest BCUT2D eigenvalue weighted by Gasteiger charge is -2.20. The Bertz CT molecular complexity index is 429. The van der Waals surface area contributed by atoms with E-state index in [4.69, 9.17) is 15.6 Å². The fraction of sp³-hybridized carbons (Fsp3) is 0.462. The van der Waals surface area contributed by atoms with Crippen molar-refractivity contribution in [3.63, 3.8) is 0 Å². The van der Waals surface area contributed by atoms with E-state index < -0.39 is 17.9 Å². The zero-order chi connectivity index (χ0) is 13.2. The maximum atomic E-state index is 10.9. The number of nitrogens with two attached hydrogens (primary N) is 1. The van der Waals surface area contributed by atoms with Crippen LogP contribution in [0.4, 0.5) is 0 Å². The average molecular weight is 237 g/mol. The molecule has 0 spiro atoms. The second kappa shape index (κ2) is 5.19. The zero-order valence-corrected chi connectivity index (χ0v) is 10.7. The SMILES string of the molecule is COc1cc(C)c(C(N)C(C)C(=O)O)cc1C. The molecule has 0 saturated carbocycles. The Morgan fingerprint density at radius 1 is 1.35 bits per heavy atom. The first-order valence-corrected chi connectivity index (χ1v) is 5.52. The van der Waals surface area contributed by atoms with E-state index in [0.717, 1.165) is 22.4 Å². The minimum absolute atomic E-state index is 0.503. The molecule has 0 aromatic heterocycles. The molecule has 1 rings (SSSR count). The summed E-state index contributed by atoms with van der Waals surface area (Å²) in [6.07, 6.45) is 0. The molecule has 0 radical (unpaired) electrons. The van der Waals surface area contributed by atoms with E-state index in [2.05, 4.69) is 0 Å². The Morgan fingerprint density at radius 3 is 2.41 bits per heavy atom. The number of ether oxygens (including phenoxy) is 1. The molecule has 1 aromatic carbocycles. The summed E-state index contributed by atoms with van der Waals surface area (Å²) >= 11 is 0. The van der Waals surface area contributed by atoms with E-state index in [0.29, 0.717) is 0 Å². The van der Waals surface area contributed by atoms with Gasteiger partial charge in [-0.05, 0) is 36.6 Å². The number of rotatable bonds is 4. The number of aryl methyl sites for hydroxylation is 2. The van der Waals surface area contributed by atoms with Gasteiger partial charge in [0, 0.05) is 6.04 Å². The number of methoxy groups -OCH3 is 1. The standard InChI is InChI=1S/C13H19NO3/c1-7-6-11(17-4)8(2)5-10(7)12(14)9(3)13(15)16/h5-6,9,12H,14H2,1-4H3,(H,15,16). The van der Waals surface area contributed by atoms with Crippen LogP contribution in [-0.2, 0) is 4.79 Å². The lowest BCUT2D eigenvalue weighted by Crippen LogP contribution is -2.26. The quantitative estimate of drug-likeness (QED) is 0.840. The lowest BCUT2D eigenvalue weighted by atomic mass is 9.91. The highest BCUT2D eigenvalue weighted by Crippen LogP contribution is 2.28. The summed E-state index contributed by atoms with van der Waals surface area (Å²) in [6, 6.07) is 3.29. The first-order valence-electron chi connectivity index (χ1n) is 5.52. The van der Waals surface area contributed by atoms with Crippen LogP contribution in [0.15, 0.2) is 12.1 Å². The molecule has 0 aliphatic heterocycles. The predicted molar refractivity (Wildman–Crippen MR) is 66.2 cm³/mol. The molecule has 0 saturated heterocycles. The van der Waals surface area contributed by atoms with Gasteiger partial charge < -0.3 is 15.6 Å². The second-order valence-electron chi connectivity index (χ2n) is 4.33. The van der Waals surface area contributed by atoms with Crippen LogP contribution < -0.4 is 10.5 Å². The molecular weight excluding hydrogens is 218 g/mol. The van der Waals surface area contributed by atoms with Crippen molar-refractivity contribution in [2.24, 2.45) is 11.7 Å². The van der Waals surface area contributed by atoms with Crippen LogP contribution in [0.2, 0.25) is 0 Å². The van der Waals surface area contributed by atoms with E-state index >= 15 is 0 Å². The van der Waals surface area contributed by atoms with Crippen LogP contribution >= 0.6 is 0 Å². The van der Waals surface area contributed by atoms with Gasteiger partial charge in [-0.2, -0.15) is 0 Å². The van der Waals surface area contributed by atoms with Gasteiger partial charge in [0.2, 0.25) is 0 Å². The normalized spacial score (nSPS) is 14.2. The van der Waals surface area contributed by atoms with Crippen molar-refractivity contribution in [1.82, 2.24) is 0 Å². The highest BCUT2D eigenvalue weighted by Gasteiger charge is 2.23. The molecule has 4 nitrogen and oxygen atoms in total. The molecule has 0 bridgehead atoms. The fourth-order valence-corrected chi connectivity index (χ4v) is 1.81. The first kappa shape index (κ1) is 13.5. The van der Waals surface area contributed by atoms with Crippen molar-refractivity contribution in [2.45, 2.75) is 26.8 Å². The molecule has 1 aromatic rings. The Morgan fingerprint density at radius 2 is 1.94 bits per heavy atom. The maximum Gasteiger partial charge on any atom is 0.308 e. The van der Waals surface area contributed by atoms with Crippen molar-refractivity contribution in [3.8, 4) is 5.75 Å². The van der Waals surface area contributed by atoms with Gasteiger partial charge in [-0.15, -0.1) is 0 Å². The van der Waals surface area contributed by atoms with Crippen LogP contribution in [0.1, 0.15) is 29.7 Å². The third-order valence-corrected chi connectivity index (χ3v) is 3.07.